The number of hydrogen-bond donors (Lipinski definition) is 0. The summed E-state index contributed by atoms with van der Waals surface area (Å²) in [4.78, 5) is 8.84. The molecule has 2 nitrogen and oxygen atoms in total. The lowest BCUT2D eigenvalue weighted by molar-refractivity contribution is 1.13. The molecule has 1 heterocycles. The van der Waals surface area contributed by atoms with E-state index in [1.807, 2.05) is 13.0 Å². The van der Waals surface area contributed by atoms with Crippen LogP contribution in [0.15, 0.2) is 34.3 Å². The molecule has 0 unspecified atom stereocenters. The minimum atomic E-state index is 0.757. The van der Waals surface area contributed by atoms with E-state index in [0.717, 1.165) is 24.5 Å². The van der Waals surface area contributed by atoms with Crippen molar-refractivity contribution in [1.29, 1.82) is 0 Å². The van der Waals surface area contributed by atoms with Gasteiger partial charge in [-0.15, -0.1) is 0 Å². The van der Waals surface area contributed by atoms with Crippen molar-refractivity contribution in [3.63, 3.8) is 0 Å². The van der Waals surface area contributed by atoms with Crippen LogP contribution in [0.4, 0.5) is 0 Å². The van der Waals surface area contributed by atoms with Crippen molar-refractivity contribution in [2.75, 3.05) is 6.54 Å². The van der Waals surface area contributed by atoms with Gasteiger partial charge in [-0.05, 0) is 18.9 Å². The van der Waals surface area contributed by atoms with E-state index < -0.39 is 0 Å². The summed E-state index contributed by atoms with van der Waals surface area (Å²) in [6, 6.07) is 8.34. The number of amidine groups is 1. The molecular formula is C12H14N2. The molecule has 1 aromatic carbocycles. The highest BCUT2D eigenvalue weighted by molar-refractivity contribution is 6.11. The fraction of sp³-hybridized carbons (Fsp3) is 0.333. The Morgan fingerprint density at radius 1 is 1.29 bits per heavy atom. The van der Waals surface area contributed by atoms with Gasteiger partial charge in [0.15, 0.2) is 5.84 Å². The Hall–Kier alpha value is -1.44. The Morgan fingerprint density at radius 2 is 2.07 bits per heavy atom. The van der Waals surface area contributed by atoms with Crippen molar-refractivity contribution in [3.05, 3.63) is 35.4 Å². The second kappa shape index (κ2) is 3.74. The van der Waals surface area contributed by atoms with Crippen molar-refractivity contribution in [3.8, 4) is 0 Å². The molecule has 0 saturated carbocycles. The van der Waals surface area contributed by atoms with Gasteiger partial charge >= 0.3 is 0 Å². The molecule has 0 bridgehead atoms. The minimum absolute atomic E-state index is 0.757. The Balaban J connectivity index is 2.41. The zero-order valence-corrected chi connectivity index (χ0v) is 8.62. The number of nitrogens with zero attached hydrogens (tertiary/aromatic N) is 2. The van der Waals surface area contributed by atoms with Crippen LogP contribution in [0.5, 0.6) is 0 Å². The van der Waals surface area contributed by atoms with Crippen LogP contribution in [-0.2, 0) is 6.42 Å². The summed E-state index contributed by atoms with van der Waals surface area (Å²) in [6.45, 7) is 4.93. The summed E-state index contributed by atoms with van der Waals surface area (Å²) in [6.07, 6.45) is 1.03. The molecule has 1 aliphatic heterocycles. The van der Waals surface area contributed by atoms with Gasteiger partial charge in [-0.3, -0.25) is 4.99 Å². The zero-order valence-electron chi connectivity index (χ0n) is 8.62. The average Bonchev–Trinajstić information content (AvgIpc) is 2.65. The molecule has 0 aliphatic carbocycles. The third-order valence-electron chi connectivity index (χ3n) is 2.39. The predicted molar refractivity (Wildman–Crippen MR) is 60.3 cm³/mol. The van der Waals surface area contributed by atoms with E-state index in [0.29, 0.717) is 0 Å². The molecule has 0 radical (unpaired) electrons. The summed E-state index contributed by atoms with van der Waals surface area (Å²) in [7, 11) is 0. The Labute approximate surface area is 84.4 Å². The number of benzene rings is 1. The third-order valence-corrected chi connectivity index (χ3v) is 2.39. The summed E-state index contributed by atoms with van der Waals surface area (Å²) in [5, 5.41) is 0. The summed E-state index contributed by atoms with van der Waals surface area (Å²) >= 11 is 0. The van der Waals surface area contributed by atoms with Crippen LogP contribution in [-0.4, -0.2) is 18.1 Å². The molecule has 1 aromatic rings. The molecule has 2 heteroatoms. The average molecular weight is 186 g/mol. The molecule has 0 atom stereocenters. The second-order valence-electron chi connectivity index (χ2n) is 3.50. The van der Waals surface area contributed by atoms with Gasteiger partial charge in [0.1, 0.15) is 0 Å². The molecule has 0 fully saturated rings. The SMILES string of the molecule is CCc1ccccc1C1=NCC(C)=N1. The molecule has 72 valence electrons. The molecule has 0 aromatic heterocycles. The van der Waals surface area contributed by atoms with E-state index in [4.69, 9.17) is 0 Å². The molecule has 2 rings (SSSR count). The Bertz CT molecular complexity index is 403. The van der Waals surface area contributed by atoms with Gasteiger partial charge < -0.3 is 0 Å². The predicted octanol–water partition coefficient (Wildman–Crippen LogP) is 2.47. The van der Waals surface area contributed by atoms with Gasteiger partial charge in [0.05, 0.1) is 6.54 Å². The van der Waals surface area contributed by atoms with E-state index >= 15 is 0 Å². The zero-order chi connectivity index (χ0) is 9.97. The quantitative estimate of drug-likeness (QED) is 0.678. The smallest absolute Gasteiger partial charge is 0.155 e. The second-order valence-corrected chi connectivity index (χ2v) is 3.50. The van der Waals surface area contributed by atoms with Crippen molar-refractivity contribution in [1.82, 2.24) is 0 Å². The van der Waals surface area contributed by atoms with Gasteiger partial charge in [-0.2, -0.15) is 0 Å². The molecule has 1 aliphatic rings. The van der Waals surface area contributed by atoms with Gasteiger partial charge in [0.25, 0.3) is 0 Å². The monoisotopic (exact) mass is 186 g/mol. The van der Waals surface area contributed by atoms with E-state index in [1.54, 1.807) is 0 Å². The van der Waals surface area contributed by atoms with Gasteiger partial charge in [-0.1, -0.05) is 31.2 Å². The number of aryl methyl sites for hydroxylation is 1. The fourth-order valence-electron chi connectivity index (χ4n) is 1.63. The molecule has 14 heavy (non-hydrogen) atoms. The van der Waals surface area contributed by atoms with Crippen LogP contribution in [0.2, 0.25) is 0 Å². The van der Waals surface area contributed by atoms with Crippen LogP contribution < -0.4 is 0 Å². The normalized spacial score (nSPS) is 15.3. The van der Waals surface area contributed by atoms with Crippen LogP contribution in [0, 0.1) is 0 Å². The maximum absolute atomic E-state index is 4.43. The van der Waals surface area contributed by atoms with Gasteiger partial charge in [-0.25, -0.2) is 4.99 Å². The maximum Gasteiger partial charge on any atom is 0.155 e. The van der Waals surface area contributed by atoms with Crippen LogP contribution >= 0.6 is 0 Å². The maximum atomic E-state index is 4.43. The number of rotatable bonds is 2. The fourth-order valence-corrected chi connectivity index (χ4v) is 1.63. The van der Waals surface area contributed by atoms with Crippen molar-refractivity contribution < 1.29 is 0 Å². The van der Waals surface area contributed by atoms with E-state index in [2.05, 4.69) is 35.1 Å². The van der Waals surface area contributed by atoms with Gasteiger partial charge in [0, 0.05) is 11.3 Å². The molecule has 0 amide bonds. The first kappa shape index (κ1) is 9.13. The van der Waals surface area contributed by atoms with Crippen LogP contribution in [0.25, 0.3) is 0 Å². The van der Waals surface area contributed by atoms with Crippen molar-refractivity contribution >= 4 is 11.5 Å². The molecule has 0 spiro atoms. The molecule has 0 saturated heterocycles. The van der Waals surface area contributed by atoms with E-state index in [1.165, 1.54) is 11.1 Å². The summed E-state index contributed by atoms with van der Waals surface area (Å²) in [5.41, 5.74) is 3.61. The highest BCUT2D eigenvalue weighted by atomic mass is 15.0. The standard InChI is InChI=1S/C12H14N2/c1-3-10-6-4-5-7-11(10)12-13-8-9(2)14-12/h4-7H,3,8H2,1-2H3. The highest BCUT2D eigenvalue weighted by Crippen LogP contribution is 2.14. The number of aliphatic imine (C=N–C) groups is 2. The summed E-state index contributed by atoms with van der Waals surface area (Å²) in [5.74, 6) is 0.903. The van der Waals surface area contributed by atoms with Crippen molar-refractivity contribution in [2.45, 2.75) is 20.3 Å². The van der Waals surface area contributed by atoms with Crippen LogP contribution in [0.1, 0.15) is 25.0 Å². The van der Waals surface area contributed by atoms with E-state index in [9.17, 15) is 0 Å². The largest absolute Gasteiger partial charge is 0.260 e. The van der Waals surface area contributed by atoms with E-state index in [-0.39, 0.29) is 0 Å². The lowest BCUT2D eigenvalue weighted by Gasteiger charge is -2.04. The Kier molecular flexibility index (Phi) is 2.44. The first-order valence-corrected chi connectivity index (χ1v) is 4.98. The minimum Gasteiger partial charge on any atom is -0.260 e. The lowest BCUT2D eigenvalue weighted by Crippen LogP contribution is -1.99. The first-order chi connectivity index (χ1) is 6.81. The topological polar surface area (TPSA) is 24.7 Å². The van der Waals surface area contributed by atoms with Crippen LogP contribution in [0.3, 0.4) is 0 Å². The number of hydrogen-bond acceptors (Lipinski definition) is 2. The highest BCUT2D eigenvalue weighted by Gasteiger charge is 2.11. The summed E-state index contributed by atoms with van der Waals surface area (Å²) < 4.78 is 0. The molecule has 0 N–H and O–H groups in total. The Morgan fingerprint density at radius 3 is 2.71 bits per heavy atom. The lowest BCUT2D eigenvalue weighted by atomic mass is 10.0. The van der Waals surface area contributed by atoms with Gasteiger partial charge in [0.2, 0.25) is 0 Å². The molecular weight excluding hydrogens is 172 g/mol. The third kappa shape index (κ3) is 1.60. The van der Waals surface area contributed by atoms with Crippen molar-refractivity contribution in [2.24, 2.45) is 9.98 Å². The first-order valence-electron chi connectivity index (χ1n) is 4.98.